The van der Waals surface area contributed by atoms with Gasteiger partial charge < -0.3 is 9.72 Å². The lowest BCUT2D eigenvalue weighted by molar-refractivity contribution is 0.0601. The molecule has 1 N–H and O–H groups in total. The molecule has 0 atom stereocenters. The Morgan fingerprint density at radius 3 is 2.62 bits per heavy atom. The molecule has 124 valence electrons. The van der Waals surface area contributed by atoms with Crippen molar-refractivity contribution in [2.24, 2.45) is 0 Å². The molecule has 2 heterocycles. The molecule has 2 aromatic heterocycles. The van der Waals surface area contributed by atoms with Crippen LogP contribution in [0, 0.1) is 0 Å². The van der Waals surface area contributed by atoms with E-state index in [-0.39, 0.29) is 11.2 Å². The molecule has 6 heteroatoms. The van der Waals surface area contributed by atoms with Gasteiger partial charge in [-0.3, -0.25) is 4.79 Å². The van der Waals surface area contributed by atoms with Crippen LogP contribution in [0.1, 0.15) is 52.2 Å². The maximum absolute atomic E-state index is 12.8. The molecule has 0 aliphatic heterocycles. The second kappa shape index (κ2) is 5.87. The second-order valence-electron chi connectivity index (χ2n) is 6.57. The number of H-pyrrole nitrogens is 1. The zero-order chi connectivity index (χ0) is 17.5. The number of carbonyl (C=O) groups is 2. The van der Waals surface area contributed by atoms with Gasteiger partial charge in [-0.2, -0.15) is 0 Å². The van der Waals surface area contributed by atoms with Crippen LogP contribution in [-0.2, 0) is 10.2 Å². The van der Waals surface area contributed by atoms with Crippen LogP contribution in [0.3, 0.4) is 0 Å². The molecule has 0 aliphatic rings. The number of ketones is 1. The fourth-order valence-electron chi connectivity index (χ4n) is 2.40. The summed E-state index contributed by atoms with van der Waals surface area (Å²) in [4.78, 5) is 31.9. The maximum atomic E-state index is 12.8. The zero-order valence-electron chi connectivity index (χ0n) is 14.0. The van der Waals surface area contributed by atoms with Crippen molar-refractivity contribution in [2.75, 3.05) is 7.11 Å². The van der Waals surface area contributed by atoms with Crippen molar-refractivity contribution >= 4 is 34.0 Å². The first-order valence-corrected chi connectivity index (χ1v) is 8.39. The fourth-order valence-corrected chi connectivity index (χ4v) is 3.39. The SMILES string of the molecule is COC(=O)c1ccc2c(C(=O)c3nc(C(C)(C)C)cs3)c[nH]c2c1. The fraction of sp³-hybridized carbons (Fsp3) is 0.278. The summed E-state index contributed by atoms with van der Waals surface area (Å²) in [7, 11) is 1.34. The summed E-state index contributed by atoms with van der Waals surface area (Å²) in [6.45, 7) is 6.20. The Labute approximate surface area is 143 Å². The third-order valence-corrected chi connectivity index (χ3v) is 4.66. The number of benzene rings is 1. The van der Waals surface area contributed by atoms with Crippen molar-refractivity contribution in [3.8, 4) is 0 Å². The number of fused-ring (bicyclic) bond motifs is 1. The van der Waals surface area contributed by atoms with Gasteiger partial charge in [0.15, 0.2) is 5.01 Å². The highest BCUT2D eigenvalue weighted by molar-refractivity contribution is 7.12. The van der Waals surface area contributed by atoms with Crippen molar-refractivity contribution in [3.63, 3.8) is 0 Å². The lowest BCUT2D eigenvalue weighted by Gasteiger charge is -2.14. The molecule has 0 fully saturated rings. The maximum Gasteiger partial charge on any atom is 0.337 e. The first-order valence-electron chi connectivity index (χ1n) is 7.51. The van der Waals surface area contributed by atoms with Crippen molar-refractivity contribution in [3.05, 3.63) is 51.6 Å². The van der Waals surface area contributed by atoms with E-state index in [1.165, 1.54) is 18.4 Å². The highest BCUT2D eigenvalue weighted by Gasteiger charge is 2.22. The van der Waals surface area contributed by atoms with E-state index in [1.54, 1.807) is 24.4 Å². The van der Waals surface area contributed by atoms with Crippen LogP contribution in [-0.4, -0.2) is 28.8 Å². The summed E-state index contributed by atoms with van der Waals surface area (Å²) in [6, 6.07) is 5.09. The summed E-state index contributed by atoms with van der Waals surface area (Å²) in [5.41, 5.74) is 2.52. The number of methoxy groups -OCH3 is 1. The summed E-state index contributed by atoms with van der Waals surface area (Å²) in [6.07, 6.45) is 1.66. The van der Waals surface area contributed by atoms with E-state index in [1.807, 2.05) is 5.38 Å². The molecular formula is C18H18N2O3S. The molecule has 1 aromatic carbocycles. The van der Waals surface area contributed by atoms with Gasteiger partial charge in [0.1, 0.15) is 0 Å². The molecule has 0 aliphatic carbocycles. The number of ether oxygens (including phenoxy) is 1. The van der Waals surface area contributed by atoms with Gasteiger partial charge in [0.05, 0.1) is 23.9 Å². The lowest BCUT2D eigenvalue weighted by Crippen LogP contribution is -2.12. The van der Waals surface area contributed by atoms with E-state index in [9.17, 15) is 9.59 Å². The van der Waals surface area contributed by atoms with Crippen molar-refractivity contribution in [2.45, 2.75) is 26.2 Å². The van der Waals surface area contributed by atoms with Crippen LogP contribution in [0.4, 0.5) is 0 Å². The van der Waals surface area contributed by atoms with Crippen LogP contribution in [0.2, 0.25) is 0 Å². The third-order valence-electron chi connectivity index (χ3n) is 3.81. The summed E-state index contributed by atoms with van der Waals surface area (Å²) >= 11 is 1.35. The number of rotatable bonds is 3. The molecule has 0 saturated carbocycles. The van der Waals surface area contributed by atoms with Crippen molar-refractivity contribution in [1.29, 1.82) is 0 Å². The second-order valence-corrected chi connectivity index (χ2v) is 7.43. The van der Waals surface area contributed by atoms with E-state index < -0.39 is 5.97 Å². The summed E-state index contributed by atoms with van der Waals surface area (Å²) < 4.78 is 4.72. The molecule has 5 nitrogen and oxygen atoms in total. The van der Waals surface area contributed by atoms with Crippen LogP contribution in [0.5, 0.6) is 0 Å². The van der Waals surface area contributed by atoms with Gasteiger partial charge in [0, 0.05) is 27.9 Å². The number of aromatic amines is 1. The van der Waals surface area contributed by atoms with Crippen molar-refractivity contribution < 1.29 is 14.3 Å². The third kappa shape index (κ3) is 2.85. The Balaban J connectivity index is 1.99. The van der Waals surface area contributed by atoms with Gasteiger partial charge in [0.25, 0.3) is 0 Å². The number of carbonyl (C=O) groups excluding carboxylic acids is 2. The van der Waals surface area contributed by atoms with Crippen LogP contribution in [0.15, 0.2) is 29.8 Å². The van der Waals surface area contributed by atoms with Crippen LogP contribution < -0.4 is 0 Å². The molecule has 0 bridgehead atoms. The summed E-state index contributed by atoms with van der Waals surface area (Å²) in [5.74, 6) is -0.526. The molecule has 24 heavy (non-hydrogen) atoms. The minimum atomic E-state index is -0.408. The lowest BCUT2D eigenvalue weighted by atomic mass is 9.93. The van der Waals surface area contributed by atoms with Crippen LogP contribution in [0.25, 0.3) is 10.9 Å². The molecule has 0 unspecified atom stereocenters. The number of esters is 1. The molecule has 0 radical (unpaired) electrons. The highest BCUT2D eigenvalue weighted by atomic mass is 32.1. The average molecular weight is 342 g/mol. The Kier molecular flexibility index (Phi) is 4.01. The largest absolute Gasteiger partial charge is 0.465 e. The Morgan fingerprint density at radius 2 is 2.00 bits per heavy atom. The topological polar surface area (TPSA) is 72.1 Å². The standard InChI is InChI=1S/C18H18N2O3S/c1-18(2,3)14-9-24-16(20-14)15(21)12-8-19-13-7-10(17(22)23-4)5-6-11(12)13/h5-9,19H,1-4H3. The predicted molar refractivity (Wildman–Crippen MR) is 93.9 cm³/mol. The first kappa shape index (κ1) is 16.4. The van der Waals surface area contributed by atoms with Gasteiger partial charge in [-0.1, -0.05) is 26.8 Å². The molecule has 3 aromatic rings. The zero-order valence-corrected chi connectivity index (χ0v) is 14.8. The highest BCUT2D eigenvalue weighted by Crippen LogP contribution is 2.27. The van der Waals surface area contributed by atoms with E-state index in [2.05, 4.69) is 30.7 Å². The normalized spacial score (nSPS) is 11.7. The van der Waals surface area contributed by atoms with E-state index >= 15 is 0 Å². The van der Waals surface area contributed by atoms with E-state index in [0.717, 1.165) is 11.1 Å². The molecule has 0 spiro atoms. The van der Waals surface area contributed by atoms with E-state index in [0.29, 0.717) is 21.7 Å². The number of nitrogens with zero attached hydrogens (tertiary/aromatic N) is 1. The first-order chi connectivity index (χ1) is 11.3. The Bertz CT molecular complexity index is 931. The Hall–Kier alpha value is -2.47. The Morgan fingerprint density at radius 1 is 1.25 bits per heavy atom. The van der Waals surface area contributed by atoms with Crippen LogP contribution >= 0.6 is 11.3 Å². The monoisotopic (exact) mass is 342 g/mol. The van der Waals surface area contributed by atoms with Gasteiger partial charge in [-0.05, 0) is 12.1 Å². The number of nitrogens with one attached hydrogen (secondary N) is 1. The molecule has 0 saturated heterocycles. The van der Waals surface area contributed by atoms with Gasteiger partial charge in [-0.25, -0.2) is 9.78 Å². The number of hydrogen-bond donors (Lipinski definition) is 1. The number of thiazole rings is 1. The molecule has 0 amide bonds. The van der Waals surface area contributed by atoms with Gasteiger partial charge in [-0.15, -0.1) is 11.3 Å². The number of aromatic nitrogens is 2. The minimum Gasteiger partial charge on any atom is -0.465 e. The number of hydrogen-bond acceptors (Lipinski definition) is 5. The molecule has 3 rings (SSSR count). The average Bonchev–Trinajstić information content (AvgIpc) is 3.19. The quantitative estimate of drug-likeness (QED) is 0.578. The van der Waals surface area contributed by atoms with Crippen molar-refractivity contribution in [1.82, 2.24) is 9.97 Å². The van der Waals surface area contributed by atoms with Gasteiger partial charge >= 0.3 is 5.97 Å². The minimum absolute atomic E-state index is 0.0926. The van der Waals surface area contributed by atoms with E-state index in [4.69, 9.17) is 4.74 Å². The molecular weight excluding hydrogens is 324 g/mol. The predicted octanol–water partition coefficient (Wildman–Crippen LogP) is 3.94. The smallest absolute Gasteiger partial charge is 0.337 e. The summed E-state index contributed by atoms with van der Waals surface area (Å²) in [5, 5.41) is 3.16. The van der Waals surface area contributed by atoms with Gasteiger partial charge in [0.2, 0.25) is 5.78 Å².